The number of nitrogen functional groups attached to an aromatic ring is 1. The van der Waals surface area contributed by atoms with Crippen molar-refractivity contribution in [2.24, 2.45) is 0 Å². The van der Waals surface area contributed by atoms with Crippen LogP contribution < -0.4 is 5.73 Å². The van der Waals surface area contributed by atoms with Crippen LogP contribution in [-0.2, 0) is 4.74 Å². The molecule has 1 aromatic carbocycles. The third kappa shape index (κ3) is 3.58. The number of hydrogen-bond acceptors (Lipinski definition) is 4. The average molecular weight is 415 g/mol. The number of halogens is 1. The first-order valence-corrected chi connectivity index (χ1v) is 8.47. The molecule has 0 bridgehead atoms. The van der Waals surface area contributed by atoms with E-state index >= 15 is 0 Å². The minimum Gasteiger partial charge on any atom is -0.456 e. The number of carbonyl (C=O) groups excluding carboxylic acids is 1. The van der Waals surface area contributed by atoms with Gasteiger partial charge in [-0.3, -0.25) is 0 Å². The lowest BCUT2D eigenvalue weighted by atomic mass is 10.1. The van der Waals surface area contributed by atoms with E-state index < -0.39 is 5.60 Å². The van der Waals surface area contributed by atoms with E-state index in [1.165, 1.54) is 11.3 Å². The van der Waals surface area contributed by atoms with Gasteiger partial charge in [0.1, 0.15) is 10.5 Å². The Balaban J connectivity index is 2.47. The largest absolute Gasteiger partial charge is 0.456 e. The molecule has 5 heteroatoms. The Morgan fingerprint density at radius 1 is 1.29 bits per heavy atom. The van der Waals surface area contributed by atoms with Crippen LogP contribution in [0.2, 0.25) is 0 Å². The minimum atomic E-state index is -0.525. The van der Waals surface area contributed by atoms with Crippen LogP contribution in [0.5, 0.6) is 0 Å². The highest BCUT2D eigenvalue weighted by Gasteiger charge is 2.25. The molecule has 0 fully saturated rings. The topological polar surface area (TPSA) is 52.3 Å². The molecule has 0 atom stereocenters. The molecule has 0 aliphatic heterocycles. The lowest BCUT2D eigenvalue weighted by Crippen LogP contribution is -2.23. The monoisotopic (exact) mass is 415 g/mol. The quantitative estimate of drug-likeness (QED) is 0.563. The van der Waals surface area contributed by atoms with Crippen molar-refractivity contribution in [3.05, 3.63) is 38.3 Å². The van der Waals surface area contributed by atoms with Crippen LogP contribution in [0.3, 0.4) is 0 Å². The Kier molecular flexibility index (Phi) is 4.63. The number of benzene rings is 1. The summed E-state index contributed by atoms with van der Waals surface area (Å²) in [5.41, 5.74) is 8.14. The molecule has 1 heterocycles. The summed E-state index contributed by atoms with van der Waals surface area (Å²) in [4.78, 5) is 13.8. The summed E-state index contributed by atoms with van der Waals surface area (Å²) in [7, 11) is 0. The fraction of sp³-hybridized carbons (Fsp3) is 0.312. The number of thiophene rings is 1. The van der Waals surface area contributed by atoms with Gasteiger partial charge in [-0.2, -0.15) is 0 Å². The molecule has 2 aromatic rings. The third-order valence-electron chi connectivity index (χ3n) is 2.90. The van der Waals surface area contributed by atoms with Crippen molar-refractivity contribution in [3.8, 4) is 10.4 Å². The van der Waals surface area contributed by atoms with Crippen LogP contribution in [0.4, 0.5) is 5.69 Å². The standard InChI is InChI=1S/C16H18INO2S/c1-9-12(18)14(15(19)20-16(2,3)4)21-13(9)10-7-5-6-8-11(10)17/h5-8H,18H2,1-4H3. The van der Waals surface area contributed by atoms with Crippen LogP contribution in [0.25, 0.3) is 10.4 Å². The molecule has 3 nitrogen and oxygen atoms in total. The van der Waals surface area contributed by atoms with Gasteiger partial charge in [-0.05, 0) is 61.9 Å². The number of carbonyl (C=O) groups is 1. The SMILES string of the molecule is Cc1c(-c2ccccc2I)sc(C(=O)OC(C)(C)C)c1N. The summed E-state index contributed by atoms with van der Waals surface area (Å²) >= 11 is 3.69. The number of anilines is 1. The van der Waals surface area contributed by atoms with Gasteiger partial charge in [0.2, 0.25) is 0 Å². The molecule has 0 aliphatic carbocycles. The summed E-state index contributed by atoms with van der Waals surface area (Å²) in [6.45, 7) is 7.49. The van der Waals surface area contributed by atoms with Gasteiger partial charge in [-0.1, -0.05) is 18.2 Å². The van der Waals surface area contributed by atoms with Gasteiger partial charge in [-0.25, -0.2) is 4.79 Å². The van der Waals surface area contributed by atoms with E-state index in [0.717, 1.165) is 19.6 Å². The molecule has 0 aliphatic rings. The third-order valence-corrected chi connectivity index (χ3v) is 5.16. The maximum atomic E-state index is 12.3. The minimum absolute atomic E-state index is 0.356. The predicted molar refractivity (Wildman–Crippen MR) is 96.8 cm³/mol. The van der Waals surface area contributed by atoms with Crippen molar-refractivity contribution in [1.82, 2.24) is 0 Å². The maximum absolute atomic E-state index is 12.3. The van der Waals surface area contributed by atoms with Gasteiger partial charge in [0.25, 0.3) is 0 Å². The zero-order valence-corrected chi connectivity index (χ0v) is 15.5. The second kappa shape index (κ2) is 5.96. The highest BCUT2D eigenvalue weighted by Crippen LogP contribution is 2.40. The van der Waals surface area contributed by atoms with Crippen LogP contribution in [0.1, 0.15) is 36.0 Å². The van der Waals surface area contributed by atoms with Crippen molar-refractivity contribution in [2.75, 3.05) is 5.73 Å². The molecule has 0 spiro atoms. The second-order valence-corrected chi connectivity index (χ2v) is 7.96. The van der Waals surface area contributed by atoms with E-state index in [1.54, 1.807) is 0 Å². The smallest absolute Gasteiger partial charge is 0.351 e. The second-order valence-electron chi connectivity index (χ2n) is 5.78. The number of ether oxygens (including phenoxy) is 1. The number of rotatable bonds is 2. The Hall–Kier alpha value is -1.08. The molecule has 0 unspecified atom stereocenters. The van der Waals surface area contributed by atoms with E-state index in [4.69, 9.17) is 10.5 Å². The van der Waals surface area contributed by atoms with Crippen molar-refractivity contribution in [2.45, 2.75) is 33.3 Å². The Morgan fingerprint density at radius 2 is 1.90 bits per heavy atom. The van der Waals surface area contributed by atoms with Crippen LogP contribution in [0.15, 0.2) is 24.3 Å². The lowest BCUT2D eigenvalue weighted by Gasteiger charge is -2.19. The molecule has 1 aromatic heterocycles. The molecule has 21 heavy (non-hydrogen) atoms. The van der Waals surface area contributed by atoms with Gasteiger partial charge in [-0.15, -0.1) is 11.3 Å². The van der Waals surface area contributed by atoms with E-state index in [2.05, 4.69) is 22.6 Å². The van der Waals surface area contributed by atoms with Crippen LogP contribution in [-0.4, -0.2) is 11.6 Å². The molecule has 0 saturated carbocycles. The van der Waals surface area contributed by atoms with Crippen molar-refractivity contribution in [1.29, 1.82) is 0 Å². The Bertz CT molecular complexity index is 686. The molecule has 112 valence electrons. The fourth-order valence-corrected chi connectivity index (χ4v) is 3.89. The van der Waals surface area contributed by atoms with Crippen molar-refractivity contribution < 1.29 is 9.53 Å². The molecule has 2 N–H and O–H groups in total. The number of esters is 1. The zero-order chi connectivity index (χ0) is 15.8. The highest BCUT2D eigenvalue weighted by molar-refractivity contribution is 14.1. The first-order valence-electron chi connectivity index (χ1n) is 6.58. The van der Waals surface area contributed by atoms with Crippen molar-refractivity contribution in [3.63, 3.8) is 0 Å². The predicted octanol–water partition coefficient (Wildman–Crippen LogP) is 4.87. The van der Waals surface area contributed by atoms with Gasteiger partial charge < -0.3 is 10.5 Å². The first kappa shape index (κ1) is 16.3. The maximum Gasteiger partial charge on any atom is 0.351 e. The van der Waals surface area contributed by atoms with E-state index in [1.807, 2.05) is 52.0 Å². The van der Waals surface area contributed by atoms with E-state index in [0.29, 0.717) is 10.6 Å². The number of hydrogen-bond donors (Lipinski definition) is 1. The molecular formula is C16H18INO2S. The molecule has 2 rings (SSSR count). The average Bonchev–Trinajstić information content (AvgIpc) is 2.65. The lowest BCUT2D eigenvalue weighted by molar-refractivity contribution is 0.00763. The van der Waals surface area contributed by atoms with E-state index in [9.17, 15) is 4.79 Å². The van der Waals surface area contributed by atoms with Gasteiger partial charge in [0, 0.05) is 14.0 Å². The molecule has 0 saturated heterocycles. The fourth-order valence-electron chi connectivity index (χ4n) is 1.90. The summed E-state index contributed by atoms with van der Waals surface area (Å²) in [5.74, 6) is -0.356. The normalized spacial score (nSPS) is 11.5. The summed E-state index contributed by atoms with van der Waals surface area (Å²) in [6.07, 6.45) is 0. The summed E-state index contributed by atoms with van der Waals surface area (Å²) in [6, 6.07) is 8.06. The zero-order valence-electron chi connectivity index (χ0n) is 12.5. The van der Waals surface area contributed by atoms with Crippen LogP contribution >= 0.6 is 33.9 Å². The summed E-state index contributed by atoms with van der Waals surface area (Å²) in [5, 5.41) is 0. The van der Waals surface area contributed by atoms with Gasteiger partial charge >= 0.3 is 5.97 Å². The molecule has 0 radical (unpaired) electrons. The van der Waals surface area contributed by atoms with Crippen molar-refractivity contribution >= 4 is 45.6 Å². The van der Waals surface area contributed by atoms with E-state index in [-0.39, 0.29) is 5.97 Å². The highest BCUT2D eigenvalue weighted by atomic mass is 127. The molecule has 0 amide bonds. The Morgan fingerprint density at radius 3 is 2.48 bits per heavy atom. The number of nitrogens with two attached hydrogens (primary N) is 1. The van der Waals surface area contributed by atoms with Gasteiger partial charge in [0.05, 0.1) is 5.69 Å². The first-order chi connectivity index (χ1) is 9.70. The molecular weight excluding hydrogens is 397 g/mol. The summed E-state index contributed by atoms with van der Waals surface area (Å²) < 4.78 is 6.56. The van der Waals surface area contributed by atoms with Gasteiger partial charge in [0.15, 0.2) is 0 Å². The Labute approximate surface area is 142 Å². The van der Waals surface area contributed by atoms with Crippen LogP contribution in [0, 0.1) is 10.5 Å².